The lowest BCUT2D eigenvalue weighted by molar-refractivity contribution is -0.160. The van der Waals surface area contributed by atoms with Crippen molar-refractivity contribution in [2.45, 2.75) is 20.0 Å². The fourth-order valence-electron chi connectivity index (χ4n) is 1.63. The highest BCUT2D eigenvalue weighted by Crippen LogP contribution is 2.17. The third-order valence-electron chi connectivity index (χ3n) is 2.59. The molecule has 0 aliphatic heterocycles. The molecule has 1 aromatic carbocycles. The number of amides is 3. The Morgan fingerprint density at radius 2 is 1.82 bits per heavy atom. The second-order valence-electron chi connectivity index (χ2n) is 4.27. The van der Waals surface area contributed by atoms with Crippen molar-refractivity contribution in [1.29, 1.82) is 0 Å². The maximum atomic E-state index is 12.1. The lowest BCUT2D eigenvalue weighted by atomic mass is 10.1. The number of esters is 1. The molecule has 120 valence electrons. The van der Waals surface area contributed by atoms with Crippen molar-refractivity contribution in [2.75, 3.05) is 19.8 Å². The molecule has 0 fully saturated rings. The van der Waals surface area contributed by atoms with E-state index in [1.165, 1.54) is 0 Å². The number of imide groups is 1. The summed E-state index contributed by atoms with van der Waals surface area (Å²) in [6.45, 7) is 3.94. The van der Waals surface area contributed by atoms with Gasteiger partial charge in [-0.1, -0.05) is 30.3 Å². The Bertz CT molecular complexity index is 504. The van der Waals surface area contributed by atoms with Crippen LogP contribution < -0.4 is 10.6 Å². The largest absolute Gasteiger partial charge is 0.446 e. The molecule has 0 aliphatic rings. The first kappa shape index (κ1) is 17.6. The Hall–Kier alpha value is -2.41. The SMILES string of the molecule is CCNC(=O)NC(=O)[C@H](OC(=O)COCC)c1ccccc1. The number of rotatable bonds is 7. The van der Waals surface area contributed by atoms with E-state index in [4.69, 9.17) is 9.47 Å². The summed E-state index contributed by atoms with van der Waals surface area (Å²) in [5.41, 5.74) is 0.467. The van der Waals surface area contributed by atoms with Crippen molar-refractivity contribution in [2.24, 2.45) is 0 Å². The fourth-order valence-corrected chi connectivity index (χ4v) is 1.63. The minimum Gasteiger partial charge on any atom is -0.446 e. The summed E-state index contributed by atoms with van der Waals surface area (Å²) in [5.74, 6) is -1.40. The molecule has 2 N–H and O–H groups in total. The smallest absolute Gasteiger partial charge is 0.333 e. The monoisotopic (exact) mass is 308 g/mol. The van der Waals surface area contributed by atoms with Crippen LogP contribution in [0.4, 0.5) is 4.79 Å². The molecule has 0 aromatic heterocycles. The number of urea groups is 1. The van der Waals surface area contributed by atoms with E-state index in [-0.39, 0.29) is 6.61 Å². The van der Waals surface area contributed by atoms with Gasteiger partial charge in [-0.3, -0.25) is 10.1 Å². The molecule has 0 bridgehead atoms. The number of hydrogen-bond donors (Lipinski definition) is 2. The number of carbonyl (C=O) groups excluding carboxylic acids is 3. The summed E-state index contributed by atoms with van der Waals surface area (Å²) < 4.78 is 10.1. The fraction of sp³-hybridized carbons (Fsp3) is 0.400. The van der Waals surface area contributed by atoms with Crippen LogP contribution in [0.1, 0.15) is 25.5 Å². The lowest BCUT2D eigenvalue weighted by Crippen LogP contribution is -2.42. The highest BCUT2D eigenvalue weighted by atomic mass is 16.6. The van der Waals surface area contributed by atoms with Gasteiger partial charge in [0.05, 0.1) is 0 Å². The molecule has 0 radical (unpaired) electrons. The maximum absolute atomic E-state index is 12.1. The number of ether oxygens (including phenoxy) is 2. The van der Waals surface area contributed by atoms with Gasteiger partial charge in [0.25, 0.3) is 5.91 Å². The van der Waals surface area contributed by atoms with Gasteiger partial charge in [0.2, 0.25) is 6.10 Å². The molecule has 0 saturated heterocycles. The predicted octanol–water partition coefficient (Wildman–Crippen LogP) is 1.15. The minimum atomic E-state index is -1.21. The summed E-state index contributed by atoms with van der Waals surface area (Å²) in [6, 6.07) is 7.81. The van der Waals surface area contributed by atoms with Crippen LogP contribution in [-0.4, -0.2) is 37.7 Å². The number of benzene rings is 1. The molecule has 1 aromatic rings. The lowest BCUT2D eigenvalue weighted by Gasteiger charge is -2.17. The van der Waals surface area contributed by atoms with Gasteiger partial charge in [0, 0.05) is 18.7 Å². The van der Waals surface area contributed by atoms with Gasteiger partial charge in [-0.05, 0) is 13.8 Å². The van der Waals surface area contributed by atoms with Gasteiger partial charge in [-0.15, -0.1) is 0 Å². The van der Waals surface area contributed by atoms with Gasteiger partial charge < -0.3 is 14.8 Å². The molecule has 0 unspecified atom stereocenters. The first-order valence-corrected chi connectivity index (χ1v) is 6.99. The summed E-state index contributed by atoms with van der Waals surface area (Å²) >= 11 is 0. The number of nitrogens with one attached hydrogen (secondary N) is 2. The first-order valence-electron chi connectivity index (χ1n) is 6.99. The van der Waals surface area contributed by atoms with Crippen LogP contribution in [0.5, 0.6) is 0 Å². The molecule has 1 atom stereocenters. The molecule has 0 saturated carbocycles. The van der Waals surface area contributed by atoms with Crippen LogP contribution in [0.25, 0.3) is 0 Å². The van der Waals surface area contributed by atoms with Gasteiger partial charge in [0.15, 0.2) is 0 Å². The first-order chi connectivity index (χ1) is 10.6. The molecule has 7 heteroatoms. The maximum Gasteiger partial charge on any atom is 0.333 e. The summed E-state index contributed by atoms with van der Waals surface area (Å²) in [4.78, 5) is 35.3. The van der Waals surface area contributed by atoms with Gasteiger partial charge >= 0.3 is 12.0 Å². The molecule has 3 amide bonds. The average molecular weight is 308 g/mol. The van der Waals surface area contributed by atoms with Crippen LogP contribution in [-0.2, 0) is 19.1 Å². The third-order valence-corrected chi connectivity index (χ3v) is 2.59. The molecule has 7 nitrogen and oxygen atoms in total. The predicted molar refractivity (Wildman–Crippen MR) is 79.0 cm³/mol. The molecule has 0 aliphatic carbocycles. The minimum absolute atomic E-state index is 0.256. The van der Waals surface area contributed by atoms with Crippen LogP contribution in [0.15, 0.2) is 30.3 Å². The van der Waals surface area contributed by atoms with E-state index in [9.17, 15) is 14.4 Å². The third kappa shape index (κ3) is 5.92. The zero-order valence-corrected chi connectivity index (χ0v) is 12.6. The van der Waals surface area contributed by atoms with E-state index in [1.54, 1.807) is 44.2 Å². The number of carbonyl (C=O) groups is 3. The molecular formula is C15H20N2O5. The normalized spacial score (nSPS) is 11.4. The topological polar surface area (TPSA) is 93.7 Å². The van der Waals surface area contributed by atoms with E-state index >= 15 is 0 Å². The standard InChI is InChI=1S/C15H20N2O5/c1-3-16-15(20)17-14(19)13(11-8-6-5-7-9-11)22-12(18)10-21-4-2/h5-9,13H,3-4,10H2,1-2H3,(H2,16,17,19,20)/t13-/m1/s1. The van der Waals surface area contributed by atoms with Crippen LogP contribution in [0, 0.1) is 0 Å². The Morgan fingerprint density at radius 3 is 2.41 bits per heavy atom. The second kappa shape index (κ2) is 9.51. The summed E-state index contributed by atoms with van der Waals surface area (Å²) in [6.07, 6.45) is -1.21. The van der Waals surface area contributed by atoms with Gasteiger partial charge in [-0.25, -0.2) is 9.59 Å². The Kier molecular flexibility index (Phi) is 7.63. The Morgan fingerprint density at radius 1 is 1.14 bits per heavy atom. The van der Waals surface area contributed by atoms with E-state index in [0.717, 1.165) is 0 Å². The Balaban J connectivity index is 2.80. The second-order valence-corrected chi connectivity index (χ2v) is 4.27. The van der Waals surface area contributed by atoms with Crippen molar-refractivity contribution < 1.29 is 23.9 Å². The van der Waals surface area contributed by atoms with E-state index < -0.39 is 24.0 Å². The molecule has 0 heterocycles. The molecular weight excluding hydrogens is 288 g/mol. The van der Waals surface area contributed by atoms with Crippen molar-refractivity contribution in [1.82, 2.24) is 10.6 Å². The van der Waals surface area contributed by atoms with Crippen molar-refractivity contribution in [3.63, 3.8) is 0 Å². The summed E-state index contributed by atoms with van der Waals surface area (Å²) in [7, 11) is 0. The van der Waals surface area contributed by atoms with E-state index in [0.29, 0.717) is 18.7 Å². The molecule has 1 rings (SSSR count). The summed E-state index contributed by atoms with van der Waals surface area (Å²) in [5, 5.41) is 4.57. The van der Waals surface area contributed by atoms with E-state index in [1.807, 2.05) is 0 Å². The van der Waals surface area contributed by atoms with Crippen LogP contribution >= 0.6 is 0 Å². The molecule has 0 spiro atoms. The zero-order valence-electron chi connectivity index (χ0n) is 12.6. The van der Waals surface area contributed by atoms with Crippen molar-refractivity contribution >= 4 is 17.9 Å². The van der Waals surface area contributed by atoms with Gasteiger partial charge in [0.1, 0.15) is 6.61 Å². The highest BCUT2D eigenvalue weighted by molar-refractivity contribution is 5.97. The highest BCUT2D eigenvalue weighted by Gasteiger charge is 2.26. The quantitative estimate of drug-likeness (QED) is 0.737. The zero-order chi connectivity index (χ0) is 16.4. The molecule has 22 heavy (non-hydrogen) atoms. The van der Waals surface area contributed by atoms with Gasteiger partial charge in [-0.2, -0.15) is 0 Å². The van der Waals surface area contributed by atoms with Crippen LogP contribution in [0.2, 0.25) is 0 Å². The van der Waals surface area contributed by atoms with Crippen molar-refractivity contribution in [3.05, 3.63) is 35.9 Å². The number of hydrogen-bond acceptors (Lipinski definition) is 5. The Labute approximate surface area is 129 Å². The average Bonchev–Trinajstić information content (AvgIpc) is 2.51. The van der Waals surface area contributed by atoms with Crippen molar-refractivity contribution in [3.8, 4) is 0 Å². The van der Waals surface area contributed by atoms with E-state index in [2.05, 4.69) is 10.6 Å². The van der Waals surface area contributed by atoms with Crippen LogP contribution in [0.3, 0.4) is 0 Å².